The van der Waals surface area contributed by atoms with Crippen LogP contribution in [-0.4, -0.2) is 23.2 Å². The summed E-state index contributed by atoms with van der Waals surface area (Å²) >= 11 is 0. The van der Waals surface area contributed by atoms with Gasteiger partial charge < -0.3 is 10.0 Å². The predicted molar refractivity (Wildman–Crippen MR) is 85.0 cm³/mol. The molecule has 1 atom stereocenters. The smallest absolute Gasteiger partial charge is 0.134 e. The van der Waals surface area contributed by atoms with Crippen LogP contribution in [0.2, 0.25) is 0 Å². The molecule has 0 radical (unpaired) electrons. The van der Waals surface area contributed by atoms with E-state index < -0.39 is 0 Å². The van der Waals surface area contributed by atoms with Crippen molar-refractivity contribution in [1.29, 1.82) is 0 Å². The molecular weight excluding hydrogens is 248 g/mol. The number of hydrogen-bond acceptors (Lipinski definition) is 3. The third kappa shape index (κ3) is 3.10. The van der Waals surface area contributed by atoms with E-state index in [0.717, 1.165) is 28.7 Å². The van der Waals surface area contributed by atoms with Gasteiger partial charge in [0.05, 0.1) is 12.1 Å². The minimum Gasteiger partial charge on any atom is -0.392 e. The molecule has 1 unspecified atom stereocenters. The molecular formula is C17H24N2O. The molecule has 3 heteroatoms. The summed E-state index contributed by atoms with van der Waals surface area (Å²) in [7, 11) is 2.06. The van der Waals surface area contributed by atoms with Gasteiger partial charge in [0.15, 0.2) is 0 Å². The Hall–Kier alpha value is -1.61. The minimum absolute atomic E-state index is 0.0197. The average Bonchev–Trinajstić information content (AvgIpc) is 2.44. The number of fused-ring (bicyclic) bond motifs is 1. The van der Waals surface area contributed by atoms with Gasteiger partial charge in [-0.05, 0) is 31.4 Å². The van der Waals surface area contributed by atoms with Gasteiger partial charge in [-0.1, -0.05) is 32.0 Å². The van der Waals surface area contributed by atoms with E-state index in [-0.39, 0.29) is 6.61 Å². The van der Waals surface area contributed by atoms with Gasteiger partial charge in [-0.15, -0.1) is 0 Å². The summed E-state index contributed by atoms with van der Waals surface area (Å²) in [4.78, 5) is 6.92. The Balaban J connectivity index is 2.41. The summed E-state index contributed by atoms with van der Waals surface area (Å²) in [6, 6.07) is 10.5. The highest BCUT2D eigenvalue weighted by Gasteiger charge is 2.16. The number of aromatic nitrogens is 1. The van der Waals surface area contributed by atoms with Crippen molar-refractivity contribution in [3.05, 3.63) is 35.9 Å². The summed E-state index contributed by atoms with van der Waals surface area (Å²) in [5.74, 6) is 1.53. The summed E-state index contributed by atoms with van der Waals surface area (Å²) < 4.78 is 0. The molecule has 0 fully saturated rings. The Morgan fingerprint density at radius 3 is 2.55 bits per heavy atom. The maximum Gasteiger partial charge on any atom is 0.134 e. The van der Waals surface area contributed by atoms with Crippen LogP contribution in [0, 0.1) is 5.92 Å². The summed E-state index contributed by atoms with van der Waals surface area (Å²) in [5, 5.41) is 10.7. The average molecular weight is 272 g/mol. The summed E-state index contributed by atoms with van der Waals surface area (Å²) in [6.07, 6.45) is 1.11. The van der Waals surface area contributed by atoms with Gasteiger partial charge in [0, 0.05) is 24.0 Å². The number of anilines is 1. The molecule has 0 amide bonds. The van der Waals surface area contributed by atoms with Crippen molar-refractivity contribution in [3.63, 3.8) is 0 Å². The Labute approximate surface area is 121 Å². The monoisotopic (exact) mass is 272 g/mol. The molecule has 20 heavy (non-hydrogen) atoms. The maximum absolute atomic E-state index is 9.62. The van der Waals surface area contributed by atoms with E-state index in [4.69, 9.17) is 4.98 Å². The highest BCUT2D eigenvalue weighted by molar-refractivity contribution is 5.81. The molecule has 1 aromatic heterocycles. The van der Waals surface area contributed by atoms with Gasteiger partial charge in [-0.3, -0.25) is 0 Å². The second kappa shape index (κ2) is 6.23. The first kappa shape index (κ1) is 14.8. The zero-order valence-electron chi connectivity index (χ0n) is 12.8. The molecule has 0 saturated carbocycles. The predicted octanol–water partition coefficient (Wildman–Crippen LogP) is 3.60. The van der Waals surface area contributed by atoms with Gasteiger partial charge >= 0.3 is 0 Å². The van der Waals surface area contributed by atoms with Crippen LogP contribution in [0.5, 0.6) is 0 Å². The molecule has 2 aromatic rings. The van der Waals surface area contributed by atoms with Crippen molar-refractivity contribution < 1.29 is 5.11 Å². The fourth-order valence-corrected chi connectivity index (χ4v) is 2.62. The Morgan fingerprint density at radius 2 is 1.90 bits per heavy atom. The summed E-state index contributed by atoms with van der Waals surface area (Å²) in [5.41, 5.74) is 1.87. The van der Waals surface area contributed by atoms with Crippen LogP contribution in [0.25, 0.3) is 10.9 Å². The molecule has 0 aliphatic rings. The third-order valence-electron chi connectivity index (χ3n) is 3.76. The maximum atomic E-state index is 9.62. The standard InChI is InChI=1S/C17H24N2O/c1-12(2)9-13(3)19(4)17-15(11-20)10-14-7-5-6-8-16(14)18-17/h5-8,10,12-13,20H,9,11H2,1-4H3. The van der Waals surface area contributed by atoms with E-state index >= 15 is 0 Å². The van der Waals surface area contributed by atoms with Crippen molar-refractivity contribution in [2.45, 2.75) is 39.8 Å². The highest BCUT2D eigenvalue weighted by atomic mass is 16.3. The van der Waals surface area contributed by atoms with Crippen molar-refractivity contribution in [2.24, 2.45) is 5.92 Å². The fraction of sp³-hybridized carbons (Fsp3) is 0.471. The lowest BCUT2D eigenvalue weighted by Gasteiger charge is -2.29. The first-order valence-corrected chi connectivity index (χ1v) is 7.25. The van der Waals surface area contributed by atoms with Crippen molar-refractivity contribution in [1.82, 2.24) is 4.98 Å². The Morgan fingerprint density at radius 1 is 1.20 bits per heavy atom. The Bertz CT molecular complexity index is 580. The SMILES string of the molecule is CC(C)CC(C)N(C)c1nc2ccccc2cc1CO. The normalized spacial score (nSPS) is 12.9. The number of nitrogens with zero attached hydrogens (tertiary/aromatic N) is 2. The molecule has 108 valence electrons. The number of benzene rings is 1. The lowest BCUT2D eigenvalue weighted by atomic mass is 10.0. The van der Waals surface area contributed by atoms with Crippen LogP contribution in [0.1, 0.15) is 32.8 Å². The number of aliphatic hydroxyl groups is 1. The number of aliphatic hydroxyl groups excluding tert-OH is 1. The van der Waals surface area contributed by atoms with E-state index in [1.54, 1.807) is 0 Å². The highest BCUT2D eigenvalue weighted by Crippen LogP contribution is 2.25. The molecule has 2 rings (SSSR count). The van der Waals surface area contributed by atoms with Gasteiger partial charge in [0.25, 0.3) is 0 Å². The van der Waals surface area contributed by atoms with Crippen molar-refractivity contribution in [2.75, 3.05) is 11.9 Å². The Kier molecular flexibility index (Phi) is 4.61. The molecule has 0 aliphatic carbocycles. The van der Waals surface area contributed by atoms with Crippen LogP contribution < -0.4 is 4.90 Å². The van der Waals surface area contributed by atoms with E-state index in [9.17, 15) is 5.11 Å². The first-order valence-electron chi connectivity index (χ1n) is 7.25. The van der Waals surface area contributed by atoms with Crippen LogP contribution >= 0.6 is 0 Å². The van der Waals surface area contributed by atoms with Gasteiger partial charge in [-0.25, -0.2) is 4.98 Å². The van der Waals surface area contributed by atoms with Crippen molar-refractivity contribution >= 4 is 16.7 Å². The molecule has 3 nitrogen and oxygen atoms in total. The van der Waals surface area contributed by atoms with E-state index in [2.05, 4.69) is 32.7 Å². The van der Waals surface area contributed by atoms with Gasteiger partial charge in [-0.2, -0.15) is 0 Å². The first-order chi connectivity index (χ1) is 9.52. The number of pyridine rings is 1. The van der Waals surface area contributed by atoms with E-state index in [0.29, 0.717) is 12.0 Å². The molecule has 0 saturated heterocycles. The number of hydrogen-bond donors (Lipinski definition) is 1. The van der Waals surface area contributed by atoms with Crippen LogP contribution in [0.4, 0.5) is 5.82 Å². The third-order valence-corrected chi connectivity index (χ3v) is 3.76. The molecule has 1 heterocycles. The molecule has 0 aliphatic heterocycles. The topological polar surface area (TPSA) is 36.4 Å². The van der Waals surface area contributed by atoms with E-state index in [1.807, 2.05) is 30.3 Å². The van der Waals surface area contributed by atoms with Crippen LogP contribution in [0.3, 0.4) is 0 Å². The second-order valence-electron chi connectivity index (χ2n) is 5.91. The molecule has 1 aromatic carbocycles. The number of para-hydroxylation sites is 1. The molecule has 0 bridgehead atoms. The second-order valence-corrected chi connectivity index (χ2v) is 5.91. The lowest BCUT2D eigenvalue weighted by molar-refractivity contribution is 0.281. The summed E-state index contributed by atoms with van der Waals surface area (Å²) in [6.45, 7) is 6.68. The molecule has 1 N–H and O–H groups in total. The quantitative estimate of drug-likeness (QED) is 0.903. The number of rotatable bonds is 5. The zero-order valence-corrected chi connectivity index (χ0v) is 12.8. The van der Waals surface area contributed by atoms with Gasteiger partial charge in [0.1, 0.15) is 5.82 Å². The largest absolute Gasteiger partial charge is 0.392 e. The minimum atomic E-state index is 0.0197. The fourth-order valence-electron chi connectivity index (χ4n) is 2.62. The van der Waals surface area contributed by atoms with E-state index in [1.165, 1.54) is 0 Å². The van der Waals surface area contributed by atoms with Crippen LogP contribution in [0.15, 0.2) is 30.3 Å². The van der Waals surface area contributed by atoms with Crippen LogP contribution in [-0.2, 0) is 6.61 Å². The van der Waals surface area contributed by atoms with Gasteiger partial charge in [0.2, 0.25) is 0 Å². The zero-order chi connectivity index (χ0) is 14.7. The van der Waals surface area contributed by atoms with Crippen molar-refractivity contribution in [3.8, 4) is 0 Å². The molecule has 0 spiro atoms. The lowest BCUT2D eigenvalue weighted by Crippen LogP contribution is -2.31.